The average molecular weight is 360 g/mol. The highest BCUT2D eigenvalue weighted by Gasteiger charge is 2.42. The largest absolute Gasteiger partial charge is 0.486 e. The zero-order chi connectivity index (χ0) is 18.3. The number of hydrogen-bond acceptors (Lipinski definition) is 3. The van der Waals surface area contributed by atoms with Gasteiger partial charge in [0.1, 0.15) is 11.4 Å². The Morgan fingerprint density at radius 1 is 1.04 bits per heavy atom. The fraction of sp³-hybridized carbons (Fsp3) is 0.348. The van der Waals surface area contributed by atoms with E-state index in [1.165, 1.54) is 16.5 Å². The average Bonchev–Trinajstić information content (AvgIpc) is 3.11. The molecule has 1 saturated heterocycles. The first-order valence-corrected chi connectivity index (χ1v) is 9.81. The minimum Gasteiger partial charge on any atom is -0.486 e. The molecule has 1 spiro atoms. The Labute approximate surface area is 159 Å². The van der Waals surface area contributed by atoms with Gasteiger partial charge in [-0.2, -0.15) is 0 Å². The second-order valence-corrected chi connectivity index (χ2v) is 7.83. The molecule has 4 nitrogen and oxygen atoms in total. The fourth-order valence-electron chi connectivity index (χ4n) is 4.52. The topological polar surface area (TPSA) is 45.3 Å². The molecule has 1 N–H and O–H groups in total. The number of hydrogen-bond donors (Lipinski definition) is 1. The predicted octanol–water partition coefficient (Wildman–Crippen LogP) is 4.21. The van der Waals surface area contributed by atoms with Crippen LogP contribution >= 0.6 is 0 Å². The Bertz CT molecular complexity index is 983. The molecule has 2 aromatic carbocycles. The van der Waals surface area contributed by atoms with Crippen LogP contribution in [-0.2, 0) is 6.42 Å². The van der Waals surface area contributed by atoms with Gasteiger partial charge in [-0.25, -0.2) is 0 Å². The van der Waals surface area contributed by atoms with Gasteiger partial charge in [0.25, 0.3) is 0 Å². The van der Waals surface area contributed by atoms with Crippen LogP contribution in [0, 0.1) is 0 Å². The van der Waals surface area contributed by atoms with Gasteiger partial charge in [0.15, 0.2) is 5.78 Å². The Balaban J connectivity index is 1.23. The molecule has 0 bridgehead atoms. The number of likely N-dealkylation sites (tertiary alicyclic amines) is 1. The zero-order valence-electron chi connectivity index (χ0n) is 15.4. The minimum absolute atomic E-state index is 0.226. The van der Waals surface area contributed by atoms with E-state index < -0.39 is 0 Å². The van der Waals surface area contributed by atoms with E-state index >= 15 is 0 Å². The lowest BCUT2D eigenvalue weighted by Crippen LogP contribution is -2.51. The lowest BCUT2D eigenvalue weighted by molar-refractivity contribution is -0.00865. The quantitative estimate of drug-likeness (QED) is 0.761. The van der Waals surface area contributed by atoms with Crippen LogP contribution in [0.2, 0.25) is 0 Å². The third-order valence-corrected chi connectivity index (χ3v) is 6.14. The molecule has 0 unspecified atom stereocenters. The van der Waals surface area contributed by atoms with Crippen molar-refractivity contribution in [3.63, 3.8) is 0 Å². The highest BCUT2D eigenvalue weighted by atomic mass is 16.5. The van der Waals surface area contributed by atoms with Crippen LogP contribution < -0.4 is 4.74 Å². The smallest absolute Gasteiger partial charge is 0.170 e. The molecular weight excluding hydrogens is 336 g/mol. The van der Waals surface area contributed by atoms with Crippen molar-refractivity contribution in [2.24, 2.45) is 0 Å². The van der Waals surface area contributed by atoms with Gasteiger partial charge < -0.3 is 14.6 Å². The lowest BCUT2D eigenvalue weighted by Gasteiger charge is -2.44. The standard InChI is InChI=1S/C23H24N2O2/c26-21-15-23(27-22-8-4-2-6-19(21)22)10-13-25(14-11-23)12-9-17-16-24-20-7-3-1-5-18(17)20/h1-8,16,24H,9-15H2. The number of piperidine rings is 1. The molecule has 1 fully saturated rings. The van der Waals surface area contributed by atoms with Crippen molar-refractivity contribution in [1.29, 1.82) is 0 Å². The summed E-state index contributed by atoms with van der Waals surface area (Å²) < 4.78 is 6.33. The van der Waals surface area contributed by atoms with Crippen molar-refractivity contribution in [3.05, 3.63) is 65.9 Å². The maximum atomic E-state index is 12.5. The summed E-state index contributed by atoms with van der Waals surface area (Å²) in [6.07, 6.45) is 5.53. The number of ether oxygens (including phenoxy) is 1. The molecule has 3 heterocycles. The molecule has 27 heavy (non-hydrogen) atoms. The van der Waals surface area contributed by atoms with Gasteiger partial charge in [0.2, 0.25) is 0 Å². The molecule has 138 valence electrons. The number of Topliss-reactive ketones (excluding diaryl/α,β-unsaturated/α-hetero) is 1. The highest BCUT2D eigenvalue weighted by molar-refractivity contribution is 6.00. The summed E-state index contributed by atoms with van der Waals surface area (Å²) in [4.78, 5) is 18.4. The maximum absolute atomic E-state index is 12.5. The first-order valence-electron chi connectivity index (χ1n) is 9.81. The molecule has 0 amide bonds. The molecule has 2 aliphatic rings. The predicted molar refractivity (Wildman–Crippen MR) is 106 cm³/mol. The van der Waals surface area contributed by atoms with E-state index in [2.05, 4.69) is 40.3 Å². The lowest BCUT2D eigenvalue weighted by atomic mass is 9.82. The number of nitrogens with one attached hydrogen (secondary N) is 1. The molecule has 2 aliphatic heterocycles. The summed E-state index contributed by atoms with van der Waals surface area (Å²) in [6, 6.07) is 16.1. The summed E-state index contributed by atoms with van der Waals surface area (Å²) in [5, 5.41) is 1.32. The van der Waals surface area contributed by atoms with Crippen molar-refractivity contribution in [3.8, 4) is 5.75 Å². The van der Waals surface area contributed by atoms with E-state index in [9.17, 15) is 4.79 Å². The minimum atomic E-state index is -0.303. The van der Waals surface area contributed by atoms with Gasteiger partial charge in [0, 0.05) is 49.6 Å². The monoisotopic (exact) mass is 360 g/mol. The summed E-state index contributed by atoms with van der Waals surface area (Å²) in [7, 11) is 0. The Morgan fingerprint density at radius 2 is 1.81 bits per heavy atom. The highest BCUT2D eigenvalue weighted by Crippen LogP contribution is 2.39. The first-order chi connectivity index (χ1) is 13.2. The van der Waals surface area contributed by atoms with Gasteiger partial charge in [-0.1, -0.05) is 30.3 Å². The van der Waals surface area contributed by atoms with Crippen molar-refractivity contribution in [2.45, 2.75) is 31.3 Å². The van der Waals surface area contributed by atoms with Crippen LogP contribution in [0.4, 0.5) is 0 Å². The van der Waals surface area contributed by atoms with Crippen molar-refractivity contribution in [2.75, 3.05) is 19.6 Å². The maximum Gasteiger partial charge on any atom is 0.170 e. The van der Waals surface area contributed by atoms with Gasteiger partial charge in [-0.3, -0.25) is 4.79 Å². The van der Waals surface area contributed by atoms with E-state index in [0.29, 0.717) is 6.42 Å². The number of benzene rings is 2. The van der Waals surface area contributed by atoms with E-state index in [0.717, 1.165) is 50.2 Å². The number of fused-ring (bicyclic) bond motifs is 2. The van der Waals surface area contributed by atoms with Gasteiger partial charge >= 0.3 is 0 Å². The normalized spacial score (nSPS) is 19.2. The molecule has 3 aromatic rings. The number of ketones is 1. The second-order valence-electron chi connectivity index (χ2n) is 7.83. The molecule has 0 saturated carbocycles. The number of para-hydroxylation sites is 2. The molecule has 0 radical (unpaired) electrons. The van der Waals surface area contributed by atoms with Crippen LogP contribution in [0.5, 0.6) is 5.75 Å². The molecular formula is C23H24N2O2. The number of carbonyl (C=O) groups is 1. The van der Waals surface area contributed by atoms with E-state index in [1.54, 1.807) is 0 Å². The molecule has 1 aromatic heterocycles. The van der Waals surface area contributed by atoms with E-state index in [4.69, 9.17) is 4.74 Å². The van der Waals surface area contributed by atoms with Crippen molar-refractivity contribution < 1.29 is 9.53 Å². The Morgan fingerprint density at radius 3 is 2.70 bits per heavy atom. The van der Waals surface area contributed by atoms with Crippen LogP contribution in [0.3, 0.4) is 0 Å². The van der Waals surface area contributed by atoms with E-state index in [1.807, 2.05) is 24.3 Å². The second kappa shape index (κ2) is 6.54. The molecule has 0 atom stereocenters. The van der Waals surface area contributed by atoms with Crippen LogP contribution in [0.15, 0.2) is 54.7 Å². The van der Waals surface area contributed by atoms with E-state index in [-0.39, 0.29) is 11.4 Å². The zero-order valence-corrected chi connectivity index (χ0v) is 15.4. The number of aromatic nitrogens is 1. The first kappa shape index (κ1) is 16.6. The summed E-state index contributed by atoms with van der Waals surface area (Å²) in [6.45, 7) is 3.01. The summed E-state index contributed by atoms with van der Waals surface area (Å²) in [5.41, 5.74) is 3.02. The fourth-order valence-corrected chi connectivity index (χ4v) is 4.52. The molecule has 5 rings (SSSR count). The number of rotatable bonds is 3. The van der Waals surface area contributed by atoms with Gasteiger partial charge in [0.05, 0.1) is 12.0 Å². The number of H-pyrrole nitrogens is 1. The third kappa shape index (κ3) is 3.04. The van der Waals surface area contributed by atoms with Crippen LogP contribution in [-0.4, -0.2) is 40.9 Å². The Kier molecular flexibility index (Phi) is 4.01. The number of nitrogens with zero attached hydrogens (tertiary/aromatic N) is 1. The van der Waals surface area contributed by atoms with Crippen LogP contribution in [0.1, 0.15) is 35.2 Å². The van der Waals surface area contributed by atoms with Gasteiger partial charge in [-0.15, -0.1) is 0 Å². The van der Waals surface area contributed by atoms with Gasteiger partial charge in [-0.05, 0) is 30.2 Å². The Hall–Kier alpha value is -2.59. The number of carbonyl (C=O) groups excluding carboxylic acids is 1. The SMILES string of the molecule is O=C1CC2(CCN(CCc3c[nH]c4ccccc34)CC2)Oc2ccccc21. The number of aromatic amines is 1. The third-order valence-electron chi connectivity index (χ3n) is 6.14. The van der Waals surface area contributed by atoms with Crippen molar-refractivity contribution in [1.82, 2.24) is 9.88 Å². The molecule has 0 aliphatic carbocycles. The molecule has 4 heteroatoms. The van der Waals surface area contributed by atoms with Crippen molar-refractivity contribution >= 4 is 16.7 Å². The van der Waals surface area contributed by atoms with Crippen LogP contribution in [0.25, 0.3) is 10.9 Å². The summed E-state index contributed by atoms with van der Waals surface area (Å²) in [5.74, 6) is 0.991. The summed E-state index contributed by atoms with van der Waals surface area (Å²) >= 11 is 0.